The maximum atomic E-state index is 9.85. The van der Waals surface area contributed by atoms with E-state index in [1.165, 1.54) is 0 Å². The van der Waals surface area contributed by atoms with Gasteiger partial charge in [0.1, 0.15) is 0 Å². The summed E-state index contributed by atoms with van der Waals surface area (Å²) in [6.45, 7) is 0. The summed E-state index contributed by atoms with van der Waals surface area (Å²) in [6.07, 6.45) is 0. The molecule has 3 N–H and O–H groups in total. The minimum absolute atomic E-state index is 0. The lowest BCUT2D eigenvalue weighted by molar-refractivity contribution is 0.368. The summed E-state index contributed by atoms with van der Waals surface area (Å²) in [5.74, 6) is 0. The molecule has 0 rings (SSSR count). The molecule has 6 heteroatoms. The minimum atomic E-state index is -6.83. The highest BCUT2D eigenvalue weighted by Crippen LogP contribution is 2.06. The lowest BCUT2D eigenvalue weighted by atomic mass is 14.0. The van der Waals surface area contributed by atoms with Crippen LogP contribution in [0.1, 0.15) is 0 Å². The number of rotatable bonds is 0. The van der Waals surface area contributed by atoms with Gasteiger partial charge in [-0.05, 0) is 0 Å². The van der Waals surface area contributed by atoms with Crippen molar-refractivity contribution >= 4 is 14.9 Å². The number of hydrogen-bond donors (Lipinski definition) is 1. The highest BCUT2D eigenvalue weighted by molar-refractivity contribution is 6.50. The molecule has 6 heavy (non-hydrogen) atoms. The Labute approximate surface area is 36.1 Å². The SMILES string of the molecule is N.[F][Al-]([F])([F])[F]. The molecule has 0 aromatic carbocycles. The average Bonchev–Trinajstić information content (AvgIpc) is 0.722. The minimum Gasteiger partial charge on any atom is -0.510 e. The molecule has 0 amide bonds. The Kier molecular flexibility index (Phi) is 3.80. The van der Waals surface area contributed by atoms with Gasteiger partial charge in [0.2, 0.25) is 0 Å². The van der Waals surface area contributed by atoms with E-state index in [4.69, 9.17) is 0 Å². The van der Waals surface area contributed by atoms with E-state index in [9.17, 15) is 14.1 Å². The Bertz CT molecular complexity index is 23.0. The highest BCUT2D eigenvalue weighted by Gasteiger charge is 2.41. The summed E-state index contributed by atoms with van der Waals surface area (Å²) >= 11 is -6.83. The Morgan fingerprint density at radius 3 is 0.833 bits per heavy atom. The molecule has 40 valence electrons. The average molecular weight is 120 g/mol. The van der Waals surface area contributed by atoms with Gasteiger partial charge >= 0.3 is 14.9 Å². The van der Waals surface area contributed by atoms with E-state index < -0.39 is 14.9 Å². The Morgan fingerprint density at radius 1 is 0.833 bits per heavy atom. The van der Waals surface area contributed by atoms with Crippen molar-refractivity contribution in [1.82, 2.24) is 6.15 Å². The van der Waals surface area contributed by atoms with Crippen LogP contribution in [0.3, 0.4) is 0 Å². The van der Waals surface area contributed by atoms with Gasteiger partial charge in [0.25, 0.3) is 0 Å². The quantitative estimate of drug-likeness (QED) is 0.381. The normalized spacial score (nSPS) is 10.0. The summed E-state index contributed by atoms with van der Waals surface area (Å²) in [5.41, 5.74) is 0. The lowest BCUT2D eigenvalue weighted by Gasteiger charge is -1.88. The second-order valence-electron chi connectivity index (χ2n) is 0.495. The van der Waals surface area contributed by atoms with Gasteiger partial charge in [-0.15, -0.1) is 0 Å². The fourth-order valence-corrected chi connectivity index (χ4v) is 0. The van der Waals surface area contributed by atoms with Crippen molar-refractivity contribution in [3.63, 3.8) is 0 Å². The van der Waals surface area contributed by atoms with E-state index in [0.29, 0.717) is 0 Å². The predicted molar refractivity (Wildman–Crippen MR) is 15.2 cm³/mol. The zero-order valence-corrected chi connectivity index (χ0v) is 3.95. The van der Waals surface area contributed by atoms with Gasteiger partial charge in [0.05, 0.1) is 0 Å². The van der Waals surface area contributed by atoms with Gasteiger partial charge in [-0.25, -0.2) is 0 Å². The topological polar surface area (TPSA) is 35.0 Å². The third-order valence-corrected chi connectivity index (χ3v) is 0. The third-order valence-electron chi connectivity index (χ3n) is 0. The molecule has 1 nitrogen and oxygen atoms in total. The standard InChI is InChI=1S/Al.4FH.H3N/h;4*1H;1H3/q+3;;;;;/p-4. The van der Waals surface area contributed by atoms with Crippen LogP contribution in [0.2, 0.25) is 0 Å². The molecule has 0 bridgehead atoms. The lowest BCUT2D eigenvalue weighted by Crippen LogP contribution is -2.02. The van der Waals surface area contributed by atoms with Crippen LogP contribution in [0, 0.1) is 0 Å². The molecule has 0 saturated heterocycles. The Morgan fingerprint density at radius 2 is 0.833 bits per heavy atom. The summed E-state index contributed by atoms with van der Waals surface area (Å²) in [5, 5.41) is 0. The largest absolute Gasteiger partial charge is 1.04 e. The van der Waals surface area contributed by atoms with Gasteiger partial charge in [-0.1, -0.05) is 0 Å². The molecular formula is H3AlF4N-. The van der Waals surface area contributed by atoms with Crippen LogP contribution < -0.4 is 6.15 Å². The molecule has 0 aliphatic rings. The Hall–Kier alpha value is 0.212. The van der Waals surface area contributed by atoms with Crippen LogP contribution in [0.15, 0.2) is 0 Å². The van der Waals surface area contributed by atoms with E-state index in [1.54, 1.807) is 0 Å². The first-order valence-corrected chi connectivity index (χ1v) is 2.62. The van der Waals surface area contributed by atoms with Crippen molar-refractivity contribution in [2.45, 2.75) is 0 Å². The number of hydrogen-bond acceptors (Lipinski definition) is 1. The zero-order valence-electron chi connectivity index (χ0n) is 2.80. The zero-order chi connectivity index (χ0) is 4.50. The van der Waals surface area contributed by atoms with Gasteiger partial charge in [0.15, 0.2) is 0 Å². The summed E-state index contributed by atoms with van der Waals surface area (Å²) in [7, 11) is 0. The molecule has 0 unspecified atom stereocenters. The van der Waals surface area contributed by atoms with Crippen molar-refractivity contribution < 1.29 is 14.1 Å². The fraction of sp³-hybridized carbons (Fsp3) is 0. The van der Waals surface area contributed by atoms with Crippen molar-refractivity contribution in [2.75, 3.05) is 0 Å². The van der Waals surface area contributed by atoms with Crippen molar-refractivity contribution in [2.24, 2.45) is 0 Å². The maximum absolute atomic E-state index is 9.85. The van der Waals surface area contributed by atoms with Gasteiger partial charge < -0.3 is 20.2 Å². The maximum Gasteiger partial charge on any atom is 1.04 e. The van der Waals surface area contributed by atoms with Gasteiger partial charge in [-0.2, -0.15) is 0 Å². The first-order chi connectivity index (χ1) is 2.00. The van der Waals surface area contributed by atoms with Crippen molar-refractivity contribution in [1.29, 1.82) is 0 Å². The van der Waals surface area contributed by atoms with Crippen LogP contribution in [0.4, 0.5) is 14.1 Å². The van der Waals surface area contributed by atoms with E-state index in [1.807, 2.05) is 0 Å². The smallest absolute Gasteiger partial charge is 0.510 e. The van der Waals surface area contributed by atoms with E-state index in [0.717, 1.165) is 0 Å². The molecule has 0 aromatic rings. The van der Waals surface area contributed by atoms with Crippen LogP contribution >= 0.6 is 0 Å². The third kappa shape index (κ3) is 963. The Balaban J connectivity index is 0. The van der Waals surface area contributed by atoms with Crippen LogP contribution in [0.25, 0.3) is 0 Å². The van der Waals surface area contributed by atoms with Crippen molar-refractivity contribution in [3.05, 3.63) is 0 Å². The predicted octanol–water partition coefficient (Wildman–Crippen LogP) is 1.46. The molecule has 0 aromatic heterocycles. The van der Waals surface area contributed by atoms with Gasteiger partial charge in [0, 0.05) is 0 Å². The van der Waals surface area contributed by atoms with E-state index >= 15 is 0 Å². The molecule has 0 fully saturated rings. The second-order valence-corrected chi connectivity index (χ2v) is 1.48. The number of halogens is 4. The van der Waals surface area contributed by atoms with E-state index in [2.05, 4.69) is 0 Å². The first-order valence-electron chi connectivity index (χ1n) is 0.873. The van der Waals surface area contributed by atoms with Crippen molar-refractivity contribution in [3.8, 4) is 0 Å². The molecule has 0 saturated carbocycles. The van der Waals surface area contributed by atoms with Gasteiger partial charge in [-0.3, -0.25) is 0 Å². The summed E-state index contributed by atoms with van der Waals surface area (Å²) in [4.78, 5) is 0. The molecule has 0 aliphatic carbocycles. The molecule has 0 radical (unpaired) electrons. The summed E-state index contributed by atoms with van der Waals surface area (Å²) < 4.78 is 39.4. The second kappa shape index (κ2) is 2.40. The first kappa shape index (κ1) is 9.51. The van der Waals surface area contributed by atoms with Crippen LogP contribution in [-0.2, 0) is 0 Å². The summed E-state index contributed by atoms with van der Waals surface area (Å²) in [6, 6.07) is 0. The van der Waals surface area contributed by atoms with Crippen LogP contribution in [0.5, 0.6) is 0 Å². The molecule has 0 spiro atoms. The highest BCUT2D eigenvalue weighted by atomic mass is 27.5. The monoisotopic (exact) mass is 120 g/mol. The van der Waals surface area contributed by atoms with E-state index in [-0.39, 0.29) is 6.15 Å². The molecular weight excluding hydrogens is 117 g/mol. The molecule has 0 atom stereocenters. The molecule has 0 heterocycles. The molecule has 0 aliphatic heterocycles. The van der Waals surface area contributed by atoms with Crippen LogP contribution in [-0.4, -0.2) is 14.9 Å². The fourth-order valence-electron chi connectivity index (χ4n) is 0.